The molecule has 2 aromatic rings. The van der Waals surface area contributed by atoms with Crippen molar-refractivity contribution in [2.45, 2.75) is 18.9 Å². The number of hydrogen-bond donors (Lipinski definition) is 2. The summed E-state index contributed by atoms with van der Waals surface area (Å²) in [4.78, 5) is 15.6. The number of fused-ring (bicyclic) bond motifs is 3. The van der Waals surface area contributed by atoms with Crippen LogP contribution in [0.15, 0.2) is 36.4 Å². The summed E-state index contributed by atoms with van der Waals surface area (Å²) in [6.07, 6.45) is 2.39. The molecule has 24 heavy (non-hydrogen) atoms. The van der Waals surface area contributed by atoms with E-state index in [1.807, 2.05) is 30.3 Å². The van der Waals surface area contributed by atoms with Gasteiger partial charge in [-0.2, -0.15) is 0 Å². The SMILES string of the molecule is Nc1cccc(Oc2ccc(C(=O)N[C@H]3CN4CCC3CC4)s2)c1. The van der Waals surface area contributed by atoms with Gasteiger partial charge in [0.15, 0.2) is 5.06 Å². The van der Waals surface area contributed by atoms with Gasteiger partial charge in [-0.25, -0.2) is 0 Å². The number of amides is 1. The van der Waals surface area contributed by atoms with E-state index in [4.69, 9.17) is 10.5 Å². The van der Waals surface area contributed by atoms with Gasteiger partial charge in [0, 0.05) is 24.3 Å². The molecule has 6 heteroatoms. The van der Waals surface area contributed by atoms with Gasteiger partial charge in [-0.05, 0) is 56.1 Å². The predicted molar refractivity (Wildman–Crippen MR) is 95.7 cm³/mol. The van der Waals surface area contributed by atoms with Gasteiger partial charge >= 0.3 is 0 Å². The topological polar surface area (TPSA) is 67.6 Å². The van der Waals surface area contributed by atoms with E-state index < -0.39 is 0 Å². The quantitative estimate of drug-likeness (QED) is 0.838. The van der Waals surface area contributed by atoms with Crippen LogP contribution in [-0.2, 0) is 0 Å². The standard InChI is InChI=1S/C18H21N3O2S/c19-13-2-1-3-14(10-13)23-17-5-4-16(24-17)18(22)20-15-11-21-8-6-12(15)7-9-21/h1-5,10,12,15H,6-9,11,19H2,(H,20,22)/t15-/m0/s1. The molecule has 0 unspecified atom stereocenters. The Balaban J connectivity index is 1.40. The number of piperidine rings is 3. The molecule has 0 aliphatic carbocycles. The largest absolute Gasteiger partial charge is 0.447 e. The minimum absolute atomic E-state index is 0.00109. The van der Waals surface area contributed by atoms with Crippen molar-refractivity contribution in [3.63, 3.8) is 0 Å². The number of carbonyl (C=O) groups excluding carboxylic acids is 1. The van der Waals surface area contributed by atoms with Gasteiger partial charge in [0.1, 0.15) is 5.75 Å². The Morgan fingerprint density at radius 1 is 1.25 bits per heavy atom. The molecule has 5 rings (SSSR count). The lowest BCUT2D eigenvalue weighted by Gasteiger charge is -2.44. The van der Waals surface area contributed by atoms with Gasteiger partial charge in [-0.15, -0.1) is 0 Å². The van der Waals surface area contributed by atoms with Crippen molar-refractivity contribution in [1.82, 2.24) is 10.2 Å². The number of anilines is 1. The zero-order valence-corrected chi connectivity index (χ0v) is 14.2. The van der Waals surface area contributed by atoms with E-state index in [0.29, 0.717) is 27.3 Å². The monoisotopic (exact) mass is 343 g/mol. The first-order chi connectivity index (χ1) is 11.7. The summed E-state index contributed by atoms with van der Waals surface area (Å²) in [6.45, 7) is 3.33. The molecule has 126 valence electrons. The third kappa shape index (κ3) is 3.25. The van der Waals surface area contributed by atoms with Crippen molar-refractivity contribution in [2.24, 2.45) is 5.92 Å². The fourth-order valence-electron chi connectivity index (χ4n) is 3.56. The van der Waals surface area contributed by atoms with Crippen LogP contribution in [0.4, 0.5) is 5.69 Å². The molecule has 4 heterocycles. The van der Waals surface area contributed by atoms with E-state index in [-0.39, 0.29) is 11.9 Å². The van der Waals surface area contributed by atoms with Crippen molar-refractivity contribution in [1.29, 1.82) is 0 Å². The normalized spacial score (nSPS) is 25.4. The van der Waals surface area contributed by atoms with Gasteiger partial charge in [-0.1, -0.05) is 17.4 Å². The Bertz CT molecular complexity index is 737. The van der Waals surface area contributed by atoms with E-state index in [1.165, 1.54) is 37.3 Å². The molecule has 3 aliphatic heterocycles. The van der Waals surface area contributed by atoms with Crippen LogP contribution in [0.1, 0.15) is 22.5 Å². The molecule has 1 amide bonds. The lowest BCUT2D eigenvalue weighted by molar-refractivity contribution is 0.0622. The molecule has 3 saturated heterocycles. The summed E-state index contributed by atoms with van der Waals surface area (Å²) in [6, 6.07) is 11.2. The Morgan fingerprint density at radius 3 is 2.79 bits per heavy atom. The zero-order valence-electron chi connectivity index (χ0n) is 13.4. The van der Waals surface area contributed by atoms with Gasteiger partial charge in [-0.3, -0.25) is 4.79 Å². The molecule has 0 saturated carbocycles. The zero-order chi connectivity index (χ0) is 16.5. The number of nitrogens with one attached hydrogen (secondary N) is 1. The smallest absolute Gasteiger partial charge is 0.261 e. The summed E-state index contributed by atoms with van der Waals surface area (Å²) in [5, 5.41) is 3.90. The number of thiophene rings is 1. The first-order valence-corrected chi connectivity index (χ1v) is 9.15. The summed E-state index contributed by atoms with van der Waals surface area (Å²) in [5.74, 6) is 1.31. The minimum Gasteiger partial charge on any atom is -0.447 e. The van der Waals surface area contributed by atoms with E-state index in [2.05, 4.69) is 10.2 Å². The fraction of sp³-hybridized carbons (Fsp3) is 0.389. The number of nitrogens with two attached hydrogens (primary N) is 1. The van der Waals surface area contributed by atoms with E-state index in [0.717, 1.165) is 6.54 Å². The Morgan fingerprint density at radius 2 is 2.08 bits per heavy atom. The molecular formula is C18H21N3O2S. The van der Waals surface area contributed by atoms with E-state index in [9.17, 15) is 4.79 Å². The average molecular weight is 343 g/mol. The van der Waals surface area contributed by atoms with Gasteiger partial charge in [0.2, 0.25) is 0 Å². The summed E-state index contributed by atoms with van der Waals surface area (Å²) in [5.41, 5.74) is 6.41. The van der Waals surface area contributed by atoms with Gasteiger partial charge < -0.3 is 20.7 Å². The van der Waals surface area contributed by atoms with Crippen molar-refractivity contribution in [3.8, 4) is 10.8 Å². The average Bonchev–Trinajstić information content (AvgIpc) is 3.05. The highest BCUT2D eigenvalue weighted by Gasteiger charge is 2.35. The Labute approximate surface area is 145 Å². The van der Waals surface area contributed by atoms with Crippen LogP contribution in [0.5, 0.6) is 10.8 Å². The number of nitrogen functional groups attached to an aromatic ring is 1. The van der Waals surface area contributed by atoms with Crippen LogP contribution in [0.2, 0.25) is 0 Å². The van der Waals surface area contributed by atoms with Gasteiger partial charge in [0.25, 0.3) is 5.91 Å². The lowest BCUT2D eigenvalue weighted by atomic mass is 9.84. The van der Waals surface area contributed by atoms with Crippen LogP contribution < -0.4 is 15.8 Å². The molecule has 1 aromatic carbocycles. The van der Waals surface area contributed by atoms with Crippen molar-refractivity contribution in [2.75, 3.05) is 25.4 Å². The molecule has 0 spiro atoms. The lowest BCUT2D eigenvalue weighted by Crippen LogP contribution is -2.57. The maximum atomic E-state index is 12.5. The van der Waals surface area contributed by atoms with E-state index >= 15 is 0 Å². The molecule has 3 aliphatic rings. The minimum atomic E-state index is 0.00109. The summed E-state index contributed by atoms with van der Waals surface area (Å²) in [7, 11) is 0. The number of rotatable bonds is 4. The molecule has 1 aromatic heterocycles. The summed E-state index contributed by atoms with van der Waals surface area (Å²) < 4.78 is 5.78. The van der Waals surface area contributed by atoms with Crippen LogP contribution in [0, 0.1) is 5.92 Å². The highest BCUT2D eigenvalue weighted by Crippen LogP contribution is 2.31. The Kier molecular flexibility index (Phi) is 4.16. The number of carbonyl (C=O) groups is 1. The van der Waals surface area contributed by atoms with Crippen molar-refractivity contribution in [3.05, 3.63) is 41.3 Å². The van der Waals surface area contributed by atoms with Crippen LogP contribution in [0.3, 0.4) is 0 Å². The number of ether oxygens (including phenoxy) is 1. The molecule has 3 fully saturated rings. The first-order valence-electron chi connectivity index (χ1n) is 8.34. The fourth-order valence-corrected chi connectivity index (χ4v) is 4.34. The maximum absolute atomic E-state index is 12.5. The highest BCUT2D eigenvalue weighted by atomic mass is 32.1. The molecule has 3 N–H and O–H groups in total. The molecule has 5 nitrogen and oxygen atoms in total. The number of nitrogens with zero attached hydrogens (tertiary/aromatic N) is 1. The molecule has 0 radical (unpaired) electrons. The van der Waals surface area contributed by atoms with E-state index in [1.54, 1.807) is 6.07 Å². The van der Waals surface area contributed by atoms with Crippen LogP contribution in [0.25, 0.3) is 0 Å². The molecule has 1 atom stereocenters. The predicted octanol–water partition coefficient (Wildman–Crippen LogP) is 2.95. The molecular weight excluding hydrogens is 322 g/mol. The first kappa shape index (κ1) is 15.5. The maximum Gasteiger partial charge on any atom is 0.261 e. The Hall–Kier alpha value is -2.05. The number of hydrogen-bond acceptors (Lipinski definition) is 5. The number of benzene rings is 1. The second-order valence-corrected chi connectivity index (χ2v) is 7.56. The second kappa shape index (κ2) is 6.45. The second-order valence-electron chi connectivity index (χ2n) is 6.51. The highest BCUT2D eigenvalue weighted by molar-refractivity contribution is 7.15. The van der Waals surface area contributed by atoms with Crippen LogP contribution >= 0.6 is 11.3 Å². The van der Waals surface area contributed by atoms with Crippen molar-refractivity contribution >= 4 is 22.9 Å². The van der Waals surface area contributed by atoms with Crippen LogP contribution in [-0.4, -0.2) is 36.5 Å². The molecule has 2 bridgehead atoms. The third-order valence-electron chi connectivity index (χ3n) is 4.85. The van der Waals surface area contributed by atoms with Gasteiger partial charge in [0.05, 0.1) is 4.88 Å². The van der Waals surface area contributed by atoms with Crippen molar-refractivity contribution < 1.29 is 9.53 Å². The third-order valence-corrected chi connectivity index (χ3v) is 5.82. The summed E-state index contributed by atoms with van der Waals surface area (Å²) >= 11 is 1.36.